The zero-order valence-electron chi connectivity index (χ0n) is 13.6. The van der Waals surface area contributed by atoms with Gasteiger partial charge in [-0.2, -0.15) is 0 Å². The molecule has 1 aliphatic heterocycles. The third-order valence-corrected chi connectivity index (χ3v) is 4.77. The smallest absolute Gasteiger partial charge is 0.289 e. The topological polar surface area (TPSA) is 66.5 Å². The predicted octanol–water partition coefficient (Wildman–Crippen LogP) is 2.85. The van der Waals surface area contributed by atoms with Gasteiger partial charge in [-0.1, -0.05) is 54.2 Å². The molecule has 0 unspecified atom stereocenters. The standard InChI is InChI=1S/C19H18N2O3S/c22-17-13-25-19(24)21(17)12-15-7-4-8-16(11-15)18(23)20-10-9-14-5-2-1-3-6-14/h1-8,11H,9-10,12-13H2,(H,20,23). The van der Waals surface area contributed by atoms with Gasteiger partial charge in [-0.25, -0.2) is 0 Å². The summed E-state index contributed by atoms with van der Waals surface area (Å²) in [6, 6.07) is 17.0. The van der Waals surface area contributed by atoms with Crippen molar-refractivity contribution in [3.05, 3.63) is 71.3 Å². The highest BCUT2D eigenvalue weighted by Gasteiger charge is 2.29. The normalized spacial score (nSPS) is 14.0. The molecule has 3 amide bonds. The summed E-state index contributed by atoms with van der Waals surface area (Å²) in [4.78, 5) is 36.9. The molecule has 3 rings (SSSR count). The fraction of sp³-hybridized carbons (Fsp3) is 0.211. The van der Waals surface area contributed by atoms with E-state index >= 15 is 0 Å². The van der Waals surface area contributed by atoms with E-state index in [9.17, 15) is 14.4 Å². The van der Waals surface area contributed by atoms with Crippen LogP contribution in [0.4, 0.5) is 4.79 Å². The number of amides is 3. The second kappa shape index (κ2) is 7.98. The molecule has 2 aromatic rings. The van der Waals surface area contributed by atoms with Crippen molar-refractivity contribution < 1.29 is 14.4 Å². The fourth-order valence-electron chi connectivity index (χ4n) is 2.59. The average Bonchev–Trinajstić information content (AvgIpc) is 2.95. The summed E-state index contributed by atoms with van der Waals surface area (Å²) in [7, 11) is 0. The third-order valence-electron chi connectivity index (χ3n) is 3.91. The second-order valence-corrected chi connectivity index (χ2v) is 6.65. The number of imide groups is 1. The minimum Gasteiger partial charge on any atom is -0.352 e. The first-order valence-corrected chi connectivity index (χ1v) is 9.00. The van der Waals surface area contributed by atoms with E-state index in [2.05, 4.69) is 5.32 Å². The van der Waals surface area contributed by atoms with Crippen LogP contribution in [0.3, 0.4) is 0 Å². The molecule has 0 bridgehead atoms. The summed E-state index contributed by atoms with van der Waals surface area (Å²) in [5.41, 5.74) is 2.46. The van der Waals surface area contributed by atoms with E-state index in [-0.39, 0.29) is 29.4 Å². The summed E-state index contributed by atoms with van der Waals surface area (Å²) in [6.07, 6.45) is 0.764. The first-order chi connectivity index (χ1) is 12.1. The third kappa shape index (κ3) is 4.48. The van der Waals surface area contributed by atoms with E-state index in [0.29, 0.717) is 12.1 Å². The van der Waals surface area contributed by atoms with Crippen LogP contribution in [0, 0.1) is 0 Å². The first kappa shape index (κ1) is 17.2. The fourth-order valence-corrected chi connectivity index (χ4v) is 3.32. The molecule has 0 aliphatic carbocycles. The highest BCUT2D eigenvalue weighted by molar-refractivity contribution is 8.14. The highest BCUT2D eigenvalue weighted by atomic mass is 32.2. The van der Waals surface area contributed by atoms with Crippen molar-refractivity contribution in [1.82, 2.24) is 10.2 Å². The summed E-state index contributed by atoms with van der Waals surface area (Å²) < 4.78 is 0. The summed E-state index contributed by atoms with van der Waals surface area (Å²) in [5, 5.41) is 2.66. The quantitative estimate of drug-likeness (QED) is 0.866. The number of rotatable bonds is 6. The average molecular weight is 354 g/mol. The van der Waals surface area contributed by atoms with Gasteiger partial charge >= 0.3 is 0 Å². The number of carbonyl (C=O) groups is 3. The van der Waals surface area contributed by atoms with Crippen LogP contribution in [-0.2, 0) is 17.8 Å². The summed E-state index contributed by atoms with van der Waals surface area (Å²) in [6.45, 7) is 0.753. The zero-order valence-corrected chi connectivity index (χ0v) is 14.4. The van der Waals surface area contributed by atoms with Crippen molar-refractivity contribution in [3.8, 4) is 0 Å². The molecule has 0 atom stereocenters. The Balaban J connectivity index is 1.58. The lowest BCUT2D eigenvalue weighted by Gasteiger charge is -2.13. The summed E-state index contributed by atoms with van der Waals surface area (Å²) >= 11 is 1.01. The van der Waals surface area contributed by atoms with Crippen molar-refractivity contribution >= 4 is 28.8 Å². The molecule has 6 heteroatoms. The van der Waals surface area contributed by atoms with Crippen LogP contribution in [-0.4, -0.2) is 34.3 Å². The number of thioether (sulfide) groups is 1. The van der Waals surface area contributed by atoms with Crippen LogP contribution >= 0.6 is 11.8 Å². The van der Waals surface area contributed by atoms with Gasteiger partial charge in [0.05, 0.1) is 12.3 Å². The van der Waals surface area contributed by atoms with Crippen molar-refractivity contribution in [2.45, 2.75) is 13.0 Å². The number of nitrogens with zero attached hydrogens (tertiary/aromatic N) is 1. The van der Waals surface area contributed by atoms with Crippen molar-refractivity contribution in [2.75, 3.05) is 12.3 Å². The molecule has 25 heavy (non-hydrogen) atoms. The number of carbonyl (C=O) groups excluding carboxylic acids is 3. The van der Waals surface area contributed by atoms with Gasteiger partial charge in [-0.05, 0) is 29.7 Å². The Kier molecular flexibility index (Phi) is 5.50. The molecule has 1 aliphatic rings. The van der Waals surface area contributed by atoms with Crippen LogP contribution in [0.2, 0.25) is 0 Å². The molecule has 128 valence electrons. The zero-order chi connectivity index (χ0) is 17.6. The van der Waals surface area contributed by atoms with Crippen LogP contribution in [0.25, 0.3) is 0 Å². The van der Waals surface area contributed by atoms with Gasteiger partial charge in [0.1, 0.15) is 0 Å². The van der Waals surface area contributed by atoms with Crippen molar-refractivity contribution in [2.24, 2.45) is 0 Å². The van der Waals surface area contributed by atoms with Crippen LogP contribution in [0.5, 0.6) is 0 Å². The van der Waals surface area contributed by atoms with Gasteiger partial charge in [0.15, 0.2) is 0 Å². The van der Waals surface area contributed by atoms with E-state index in [4.69, 9.17) is 0 Å². The van der Waals surface area contributed by atoms with Crippen LogP contribution < -0.4 is 5.32 Å². The number of hydrogen-bond donors (Lipinski definition) is 1. The summed E-state index contributed by atoms with van der Waals surface area (Å²) in [5.74, 6) is -0.155. The maximum atomic E-state index is 12.3. The largest absolute Gasteiger partial charge is 0.352 e. The molecule has 0 radical (unpaired) electrons. The molecule has 0 aromatic heterocycles. The first-order valence-electron chi connectivity index (χ1n) is 8.01. The Morgan fingerprint density at radius 1 is 1.04 bits per heavy atom. The van der Waals surface area contributed by atoms with Crippen molar-refractivity contribution in [1.29, 1.82) is 0 Å². The molecular formula is C19H18N2O3S. The van der Waals surface area contributed by atoms with Gasteiger partial charge in [0.25, 0.3) is 11.1 Å². The van der Waals surface area contributed by atoms with E-state index < -0.39 is 0 Å². The van der Waals surface area contributed by atoms with E-state index in [0.717, 1.165) is 23.7 Å². The molecule has 1 fully saturated rings. The lowest BCUT2D eigenvalue weighted by atomic mass is 10.1. The van der Waals surface area contributed by atoms with Gasteiger partial charge in [0, 0.05) is 12.1 Å². The van der Waals surface area contributed by atoms with Crippen molar-refractivity contribution in [3.63, 3.8) is 0 Å². The maximum Gasteiger partial charge on any atom is 0.289 e. The Morgan fingerprint density at radius 3 is 2.52 bits per heavy atom. The Morgan fingerprint density at radius 2 is 1.80 bits per heavy atom. The highest BCUT2D eigenvalue weighted by Crippen LogP contribution is 2.21. The molecule has 1 N–H and O–H groups in total. The number of nitrogens with one attached hydrogen (secondary N) is 1. The molecule has 0 saturated carbocycles. The minimum absolute atomic E-state index is 0.161. The lowest BCUT2D eigenvalue weighted by Crippen LogP contribution is -2.28. The maximum absolute atomic E-state index is 12.3. The predicted molar refractivity (Wildman–Crippen MR) is 97.3 cm³/mol. The van der Waals surface area contributed by atoms with Crippen LogP contribution in [0.15, 0.2) is 54.6 Å². The Labute approximate surface area is 150 Å². The molecule has 1 saturated heterocycles. The molecule has 5 nitrogen and oxygen atoms in total. The second-order valence-electron chi connectivity index (χ2n) is 5.73. The molecule has 1 heterocycles. The molecular weight excluding hydrogens is 336 g/mol. The van der Waals surface area contributed by atoms with Gasteiger partial charge in [-0.3, -0.25) is 19.3 Å². The Hall–Kier alpha value is -2.60. The SMILES string of the molecule is O=C(NCCc1ccccc1)c1cccc(CN2C(=O)CSC2=O)c1. The van der Waals surface area contributed by atoms with Gasteiger partial charge in [0.2, 0.25) is 5.91 Å². The lowest BCUT2D eigenvalue weighted by molar-refractivity contribution is -0.125. The van der Waals surface area contributed by atoms with Gasteiger partial charge in [-0.15, -0.1) is 0 Å². The van der Waals surface area contributed by atoms with Crippen LogP contribution in [0.1, 0.15) is 21.5 Å². The Bertz CT molecular complexity index is 776. The van der Waals surface area contributed by atoms with E-state index in [1.54, 1.807) is 18.2 Å². The van der Waals surface area contributed by atoms with E-state index in [1.807, 2.05) is 36.4 Å². The monoisotopic (exact) mass is 354 g/mol. The minimum atomic E-state index is -0.234. The molecule has 0 spiro atoms. The molecule has 2 aromatic carbocycles. The number of benzene rings is 2. The number of hydrogen-bond acceptors (Lipinski definition) is 4. The van der Waals surface area contributed by atoms with Gasteiger partial charge < -0.3 is 5.32 Å². The van der Waals surface area contributed by atoms with E-state index in [1.165, 1.54) is 10.5 Å².